The highest BCUT2D eigenvalue weighted by atomic mass is 15.3. The van der Waals surface area contributed by atoms with Gasteiger partial charge in [0, 0.05) is 38.4 Å². The number of aryl methyl sites for hydroxylation is 4. The molecule has 0 saturated heterocycles. The third-order valence-corrected chi connectivity index (χ3v) is 5.55. The summed E-state index contributed by atoms with van der Waals surface area (Å²) in [5, 5.41) is 11.4. The van der Waals surface area contributed by atoms with Crippen LogP contribution < -0.4 is 10.6 Å². The van der Waals surface area contributed by atoms with Crippen molar-refractivity contribution in [3.05, 3.63) is 47.0 Å². The van der Waals surface area contributed by atoms with Gasteiger partial charge in [0.2, 0.25) is 0 Å². The Hall–Kier alpha value is -2.83. The maximum Gasteiger partial charge on any atom is 0.191 e. The molecule has 0 saturated carbocycles. The fourth-order valence-corrected chi connectivity index (χ4v) is 3.92. The summed E-state index contributed by atoms with van der Waals surface area (Å²) >= 11 is 0. The molecule has 3 rings (SSSR count). The van der Waals surface area contributed by atoms with Crippen molar-refractivity contribution in [2.24, 2.45) is 12.0 Å². The lowest BCUT2D eigenvalue weighted by atomic mass is 10.1. The number of para-hydroxylation sites is 2. The Balaban J connectivity index is 1.58. The third-order valence-electron chi connectivity index (χ3n) is 5.55. The molecule has 7 heteroatoms. The maximum absolute atomic E-state index is 4.79. The van der Waals surface area contributed by atoms with Gasteiger partial charge >= 0.3 is 0 Å². The minimum absolute atomic E-state index is 0.268. The molecule has 0 radical (unpaired) electrons. The van der Waals surface area contributed by atoms with Gasteiger partial charge in [-0.1, -0.05) is 12.1 Å². The second kappa shape index (κ2) is 9.78. The molecule has 0 amide bonds. The van der Waals surface area contributed by atoms with Crippen molar-refractivity contribution in [3.8, 4) is 0 Å². The summed E-state index contributed by atoms with van der Waals surface area (Å²) in [7, 11) is 2.00. The molecule has 0 fully saturated rings. The lowest BCUT2D eigenvalue weighted by Crippen LogP contribution is -2.43. The van der Waals surface area contributed by atoms with Gasteiger partial charge in [0.25, 0.3) is 0 Å². The van der Waals surface area contributed by atoms with Crippen molar-refractivity contribution in [1.82, 2.24) is 30.0 Å². The number of guanidine groups is 1. The van der Waals surface area contributed by atoms with E-state index in [9.17, 15) is 0 Å². The first-order valence-corrected chi connectivity index (χ1v) is 10.9. The van der Waals surface area contributed by atoms with Gasteiger partial charge in [-0.3, -0.25) is 9.67 Å². The predicted octanol–water partition coefficient (Wildman–Crippen LogP) is 3.27. The molecule has 0 bridgehead atoms. The fraction of sp³-hybridized carbons (Fsp3) is 0.522. The van der Waals surface area contributed by atoms with Crippen LogP contribution in [0.3, 0.4) is 0 Å². The van der Waals surface area contributed by atoms with E-state index in [2.05, 4.69) is 78.1 Å². The monoisotopic (exact) mass is 409 g/mol. The van der Waals surface area contributed by atoms with Crippen LogP contribution in [0.1, 0.15) is 43.0 Å². The lowest BCUT2D eigenvalue weighted by Gasteiger charge is -2.18. The van der Waals surface area contributed by atoms with Gasteiger partial charge in [0.05, 0.1) is 16.7 Å². The molecule has 0 aliphatic heterocycles. The standard InChI is InChI=1S/C23H35N7/c1-7-24-23(26-16(2)15-20-17(3)28-29(6)18(20)4)25-13-10-14-30-19(5)27-21-11-8-9-12-22(21)30/h8-9,11-12,16H,7,10,13-15H2,1-6H3,(H2,24,25,26). The van der Waals surface area contributed by atoms with Crippen molar-refractivity contribution in [2.75, 3.05) is 13.1 Å². The minimum Gasteiger partial charge on any atom is -0.357 e. The summed E-state index contributed by atoms with van der Waals surface area (Å²) in [5.74, 6) is 1.93. The van der Waals surface area contributed by atoms with Gasteiger partial charge in [-0.25, -0.2) is 4.98 Å². The Morgan fingerprint density at radius 2 is 1.97 bits per heavy atom. The van der Waals surface area contributed by atoms with E-state index >= 15 is 0 Å². The Morgan fingerprint density at radius 3 is 2.67 bits per heavy atom. The lowest BCUT2D eigenvalue weighted by molar-refractivity contribution is 0.623. The summed E-state index contributed by atoms with van der Waals surface area (Å²) in [5.41, 5.74) is 5.90. The average molecular weight is 410 g/mol. The molecule has 2 heterocycles. The molecule has 0 spiro atoms. The van der Waals surface area contributed by atoms with E-state index in [1.54, 1.807) is 0 Å². The summed E-state index contributed by atoms with van der Waals surface area (Å²) < 4.78 is 4.24. The predicted molar refractivity (Wildman–Crippen MR) is 124 cm³/mol. The Labute approximate surface area is 179 Å². The number of rotatable bonds is 8. The molecule has 1 atom stereocenters. The van der Waals surface area contributed by atoms with E-state index in [1.807, 2.05) is 17.8 Å². The van der Waals surface area contributed by atoms with E-state index in [0.717, 1.165) is 55.5 Å². The Kier molecular flexibility index (Phi) is 7.13. The normalized spacial score (nSPS) is 13.1. The van der Waals surface area contributed by atoms with E-state index in [4.69, 9.17) is 4.99 Å². The molecule has 30 heavy (non-hydrogen) atoms. The number of fused-ring (bicyclic) bond motifs is 1. The summed E-state index contributed by atoms with van der Waals surface area (Å²) in [4.78, 5) is 9.44. The molecule has 0 aliphatic rings. The zero-order valence-corrected chi connectivity index (χ0v) is 19.2. The number of hydrogen-bond acceptors (Lipinski definition) is 3. The second-order valence-corrected chi connectivity index (χ2v) is 7.94. The van der Waals surface area contributed by atoms with Crippen LogP contribution in [0.2, 0.25) is 0 Å². The van der Waals surface area contributed by atoms with E-state index in [-0.39, 0.29) is 6.04 Å². The van der Waals surface area contributed by atoms with Gasteiger partial charge < -0.3 is 15.2 Å². The first-order chi connectivity index (χ1) is 14.4. The molecule has 2 N–H and O–H groups in total. The summed E-state index contributed by atoms with van der Waals surface area (Å²) in [6, 6.07) is 8.57. The van der Waals surface area contributed by atoms with E-state index in [1.165, 1.54) is 16.8 Å². The Bertz CT molecular complexity index is 1010. The summed E-state index contributed by atoms with van der Waals surface area (Å²) in [6.45, 7) is 13.1. The molecule has 3 aromatic rings. The van der Waals surface area contributed by atoms with Crippen LogP contribution in [0.15, 0.2) is 29.3 Å². The van der Waals surface area contributed by atoms with Crippen LogP contribution >= 0.6 is 0 Å². The van der Waals surface area contributed by atoms with Crippen molar-refractivity contribution >= 4 is 17.0 Å². The first-order valence-electron chi connectivity index (χ1n) is 10.9. The van der Waals surface area contributed by atoms with Gasteiger partial charge in [-0.15, -0.1) is 0 Å². The molecular weight excluding hydrogens is 374 g/mol. The van der Waals surface area contributed by atoms with Gasteiger partial charge in [0.15, 0.2) is 5.96 Å². The number of imidazole rings is 1. The zero-order chi connectivity index (χ0) is 21.7. The molecule has 1 aromatic carbocycles. The molecular formula is C23H35N7. The van der Waals surface area contributed by atoms with Crippen LogP contribution in [-0.4, -0.2) is 44.4 Å². The van der Waals surface area contributed by atoms with Crippen molar-refractivity contribution in [2.45, 2.75) is 60.0 Å². The first kappa shape index (κ1) is 21.9. The highest BCUT2D eigenvalue weighted by Gasteiger charge is 2.14. The highest BCUT2D eigenvalue weighted by molar-refractivity contribution is 5.80. The fourth-order valence-electron chi connectivity index (χ4n) is 3.92. The van der Waals surface area contributed by atoms with Crippen molar-refractivity contribution < 1.29 is 0 Å². The van der Waals surface area contributed by atoms with Crippen molar-refractivity contribution in [1.29, 1.82) is 0 Å². The van der Waals surface area contributed by atoms with Crippen LogP contribution in [-0.2, 0) is 20.0 Å². The highest BCUT2D eigenvalue weighted by Crippen LogP contribution is 2.16. The van der Waals surface area contributed by atoms with Crippen molar-refractivity contribution in [3.63, 3.8) is 0 Å². The van der Waals surface area contributed by atoms with Crippen LogP contribution in [0.5, 0.6) is 0 Å². The molecule has 1 unspecified atom stereocenters. The maximum atomic E-state index is 4.79. The van der Waals surface area contributed by atoms with Gasteiger partial charge in [-0.05, 0) is 65.2 Å². The third kappa shape index (κ3) is 5.01. The largest absolute Gasteiger partial charge is 0.357 e. The number of aromatic nitrogens is 4. The second-order valence-electron chi connectivity index (χ2n) is 7.94. The number of benzene rings is 1. The minimum atomic E-state index is 0.268. The molecule has 7 nitrogen and oxygen atoms in total. The van der Waals surface area contributed by atoms with Gasteiger partial charge in [-0.2, -0.15) is 5.10 Å². The van der Waals surface area contributed by atoms with Gasteiger partial charge in [0.1, 0.15) is 5.82 Å². The van der Waals surface area contributed by atoms with Crippen LogP contribution in [0.25, 0.3) is 11.0 Å². The SMILES string of the molecule is CCNC(=NCCCn1c(C)nc2ccccc21)NC(C)Cc1c(C)nn(C)c1C. The average Bonchev–Trinajstić information content (AvgIpc) is 3.15. The summed E-state index contributed by atoms with van der Waals surface area (Å²) in [6.07, 6.45) is 1.89. The number of aliphatic imine (C=N–C) groups is 1. The number of nitrogens with one attached hydrogen (secondary N) is 2. The molecule has 162 valence electrons. The Morgan fingerprint density at radius 1 is 1.20 bits per heavy atom. The zero-order valence-electron chi connectivity index (χ0n) is 19.2. The van der Waals surface area contributed by atoms with E-state index in [0.29, 0.717) is 0 Å². The quantitative estimate of drug-likeness (QED) is 0.340. The van der Waals surface area contributed by atoms with Crippen LogP contribution in [0, 0.1) is 20.8 Å². The molecule has 2 aromatic heterocycles. The van der Waals surface area contributed by atoms with E-state index < -0.39 is 0 Å². The number of nitrogens with zero attached hydrogens (tertiary/aromatic N) is 5. The number of hydrogen-bond donors (Lipinski definition) is 2. The topological polar surface area (TPSA) is 72.1 Å². The van der Waals surface area contributed by atoms with Crippen LogP contribution in [0.4, 0.5) is 0 Å². The molecule has 0 aliphatic carbocycles. The smallest absolute Gasteiger partial charge is 0.191 e.